The van der Waals surface area contributed by atoms with Crippen LogP contribution in [0.2, 0.25) is 0 Å². The van der Waals surface area contributed by atoms with Gasteiger partial charge in [0.25, 0.3) is 11.6 Å². The number of benzene rings is 1. The average Bonchev–Trinajstić information content (AvgIpc) is 2.65. The summed E-state index contributed by atoms with van der Waals surface area (Å²) in [5, 5.41) is 10.7. The van der Waals surface area contributed by atoms with E-state index in [1.54, 1.807) is 31.5 Å². The fraction of sp³-hybridized carbons (Fsp3) is 0.278. The number of pyridine rings is 1. The van der Waals surface area contributed by atoms with Crippen LogP contribution in [0.5, 0.6) is 0 Å². The predicted octanol–water partition coefficient (Wildman–Crippen LogP) is 2.59. The first-order valence-corrected chi connectivity index (χ1v) is 8.09. The van der Waals surface area contributed by atoms with Crippen LogP contribution in [0.1, 0.15) is 29.3 Å². The lowest BCUT2D eigenvalue weighted by Gasteiger charge is -2.22. The Morgan fingerprint density at radius 1 is 1.15 bits per heavy atom. The van der Waals surface area contributed by atoms with Gasteiger partial charge in [-0.05, 0) is 36.8 Å². The van der Waals surface area contributed by atoms with Gasteiger partial charge in [0.05, 0.1) is 18.0 Å². The largest absolute Gasteiger partial charge is 0.466 e. The van der Waals surface area contributed by atoms with Crippen molar-refractivity contribution >= 4 is 17.6 Å². The Morgan fingerprint density at radius 3 is 2.38 bits per heavy atom. The molecule has 1 heterocycles. The number of carbonyl (C=O) groups is 2. The van der Waals surface area contributed by atoms with Crippen LogP contribution >= 0.6 is 0 Å². The number of esters is 1. The summed E-state index contributed by atoms with van der Waals surface area (Å²) in [6.07, 6.45) is 3.31. The molecule has 0 fully saturated rings. The molecule has 0 unspecified atom stereocenters. The first-order chi connectivity index (χ1) is 12.5. The highest BCUT2D eigenvalue weighted by atomic mass is 16.6. The number of carbonyl (C=O) groups excluding carboxylic acids is 2. The lowest BCUT2D eigenvalue weighted by molar-refractivity contribution is -0.384. The molecule has 0 N–H and O–H groups in total. The molecule has 0 saturated heterocycles. The van der Waals surface area contributed by atoms with Gasteiger partial charge in [0.1, 0.15) is 0 Å². The standard InChI is InChI=1S/C18H19N3O5/c1-2-26-17(22)9-12-20(13-14-7-10-19-11-8-14)18(23)15-3-5-16(6-4-15)21(24)25/h3-8,10-11H,2,9,12-13H2,1H3. The third-order valence-corrected chi connectivity index (χ3v) is 3.63. The number of nitro benzene ring substituents is 1. The van der Waals surface area contributed by atoms with Gasteiger partial charge in [0.2, 0.25) is 0 Å². The summed E-state index contributed by atoms with van der Waals surface area (Å²) in [5.74, 6) is -0.704. The van der Waals surface area contributed by atoms with Gasteiger partial charge < -0.3 is 9.64 Å². The molecule has 26 heavy (non-hydrogen) atoms. The van der Waals surface area contributed by atoms with Crippen molar-refractivity contribution in [2.45, 2.75) is 19.9 Å². The highest BCUT2D eigenvalue weighted by Gasteiger charge is 2.19. The highest BCUT2D eigenvalue weighted by Crippen LogP contribution is 2.15. The summed E-state index contributed by atoms with van der Waals surface area (Å²) in [6, 6.07) is 8.93. The van der Waals surface area contributed by atoms with E-state index in [9.17, 15) is 19.7 Å². The Kier molecular flexibility index (Phi) is 6.78. The van der Waals surface area contributed by atoms with Crippen molar-refractivity contribution in [1.82, 2.24) is 9.88 Å². The van der Waals surface area contributed by atoms with Crippen LogP contribution in [-0.4, -0.2) is 39.8 Å². The summed E-state index contributed by atoms with van der Waals surface area (Å²) in [6.45, 7) is 2.46. The first-order valence-electron chi connectivity index (χ1n) is 8.09. The second-order valence-electron chi connectivity index (χ2n) is 5.44. The van der Waals surface area contributed by atoms with E-state index in [0.717, 1.165) is 5.56 Å². The lowest BCUT2D eigenvalue weighted by atomic mass is 10.1. The van der Waals surface area contributed by atoms with E-state index in [1.807, 2.05) is 0 Å². The third-order valence-electron chi connectivity index (χ3n) is 3.63. The van der Waals surface area contributed by atoms with E-state index in [4.69, 9.17) is 4.74 Å². The van der Waals surface area contributed by atoms with Gasteiger partial charge in [0, 0.05) is 43.2 Å². The second-order valence-corrected chi connectivity index (χ2v) is 5.44. The number of ether oxygens (including phenoxy) is 1. The van der Waals surface area contributed by atoms with Crippen LogP contribution in [0.3, 0.4) is 0 Å². The van der Waals surface area contributed by atoms with Crippen LogP contribution in [0, 0.1) is 10.1 Å². The van der Waals surface area contributed by atoms with E-state index in [0.29, 0.717) is 5.56 Å². The van der Waals surface area contributed by atoms with Crippen LogP contribution < -0.4 is 0 Å². The molecular weight excluding hydrogens is 338 g/mol. The summed E-state index contributed by atoms with van der Waals surface area (Å²) in [5.41, 5.74) is 1.08. The molecule has 1 aromatic carbocycles. The maximum absolute atomic E-state index is 12.8. The molecule has 0 atom stereocenters. The summed E-state index contributed by atoms with van der Waals surface area (Å²) in [4.78, 5) is 40.1. The van der Waals surface area contributed by atoms with Crippen molar-refractivity contribution in [1.29, 1.82) is 0 Å². The Balaban J connectivity index is 2.16. The van der Waals surface area contributed by atoms with E-state index >= 15 is 0 Å². The smallest absolute Gasteiger partial charge is 0.307 e. The molecule has 8 heteroatoms. The predicted molar refractivity (Wildman–Crippen MR) is 93.3 cm³/mol. The van der Waals surface area contributed by atoms with Gasteiger partial charge in [-0.25, -0.2) is 0 Å². The summed E-state index contributed by atoms with van der Waals surface area (Å²) >= 11 is 0. The SMILES string of the molecule is CCOC(=O)CCN(Cc1ccncc1)C(=O)c1ccc([N+](=O)[O-])cc1. The zero-order valence-corrected chi connectivity index (χ0v) is 14.3. The van der Waals surface area contributed by atoms with Crippen molar-refractivity contribution in [2.24, 2.45) is 0 Å². The minimum atomic E-state index is -0.524. The zero-order valence-electron chi connectivity index (χ0n) is 14.3. The van der Waals surface area contributed by atoms with E-state index in [2.05, 4.69) is 4.98 Å². The maximum atomic E-state index is 12.8. The fourth-order valence-corrected chi connectivity index (χ4v) is 2.33. The minimum Gasteiger partial charge on any atom is -0.466 e. The molecule has 2 aromatic rings. The summed E-state index contributed by atoms with van der Waals surface area (Å²) in [7, 11) is 0. The first kappa shape index (κ1) is 19.0. The topological polar surface area (TPSA) is 103 Å². The molecule has 0 aliphatic heterocycles. The van der Waals surface area contributed by atoms with Gasteiger partial charge in [0.15, 0.2) is 0 Å². The fourth-order valence-electron chi connectivity index (χ4n) is 2.33. The molecular formula is C18H19N3O5. The van der Waals surface area contributed by atoms with Gasteiger partial charge in [-0.2, -0.15) is 0 Å². The molecule has 2 rings (SSSR count). The second kappa shape index (κ2) is 9.26. The zero-order chi connectivity index (χ0) is 18.9. The normalized spacial score (nSPS) is 10.2. The van der Waals surface area contributed by atoms with Crippen LogP contribution in [0.4, 0.5) is 5.69 Å². The Hall–Kier alpha value is -3.29. The Labute approximate surface area is 150 Å². The molecule has 0 aliphatic carbocycles. The van der Waals surface area contributed by atoms with Crippen molar-refractivity contribution in [3.8, 4) is 0 Å². The number of aromatic nitrogens is 1. The number of hydrogen-bond acceptors (Lipinski definition) is 6. The maximum Gasteiger partial charge on any atom is 0.307 e. The van der Waals surface area contributed by atoms with E-state index in [1.165, 1.54) is 29.2 Å². The van der Waals surface area contributed by atoms with Crippen molar-refractivity contribution in [3.63, 3.8) is 0 Å². The number of nitro groups is 1. The van der Waals surface area contributed by atoms with Crippen LogP contribution in [-0.2, 0) is 16.1 Å². The van der Waals surface area contributed by atoms with Crippen molar-refractivity contribution in [3.05, 3.63) is 70.0 Å². The van der Waals surface area contributed by atoms with Gasteiger partial charge >= 0.3 is 5.97 Å². The number of nitrogens with zero attached hydrogens (tertiary/aromatic N) is 3. The number of rotatable bonds is 8. The number of amides is 1. The third kappa shape index (κ3) is 5.37. The molecule has 0 radical (unpaired) electrons. The molecule has 1 aromatic heterocycles. The molecule has 136 valence electrons. The molecule has 0 spiro atoms. The average molecular weight is 357 g/mol. The monoisotopic (exact) mass is 357 g/mol. The lowest BCUT2D eigenvalue weighted by Crippen LogP contribution is -2.33. The van der Waals surface area contributed by atoms with Crippen molar-refractivity contribution in [2.75, 3.05) is 13.2 Å². The molecule has 0 aliphatic rings. The Morgan fingerprint density at radius 2 is 1.81 bits per heavy atom. The quantitative estimate of drug-likeness (QED) is 0.409. The van der Waals surface area contributed by atoms with Gasteiger partial charge in [-0.1, -0.05) is 0 Å². The Bertz CT molecular complexity index is 762. The number of non-ortho nitro benzene ring substituents is 1. The number of hydrogen-bond donors (Lipinski definition) is 0. The van der Waals surface area contributed by atoms with Gasteiger partial charge in [-0.15, -0.1) is 0 Å². The molecule has 0 bridgehead atoms. The molecule has 1 amide bonds. The summed E-state index contributed by atoms with van der Waals surface area (Å²) < 4.78 is 4.91. The van der Waals surface area contributed by atoms with Crippen LogP contribution in [0.15, 0.2) is 48.8 Å². The van der Waals surface area contributed by atoms with E-state index in [-0.39, 0.29) is 43.7 Å². The highest BCUT2D eigenvalue weighted by molar-refractivity contribution is 5.94. The minimum absolute atomic E-state index is 0.0671. The van der Waals surface area contributed by atoms with Crippen molar-refractivity contribution < 1.29 is 19.2 Å². The van der Waals surface area contributed by atoms with E-state index < -0.39 is 4.92 Å². The van der Waals surface area contributed by atoms with Crippen LogP contribution in [0.25, 0.3) is 0 Å². The molecule has 0 saturated carbocycles. The molecule has 8 nitrogen and oxygen atoms in total. The van der Waals surface area contributed by atoms with Gasteiger partial charge in [-0.3, -0.25) is 24.7 Å².